The standard InChI is InChI=1S/C23H27Cl3N2O2S/c1-3-4-10-27-23(30)16(2)28(13-17-8-9-20(25)21(26)12-17)22(29)15-31-14-18-6-5-7-19(24)11-18/h5-9,11-12,16H,3-4,10,13-15H2,1-2H3,(H,27,30)/t16-/m1/s1. The molecule has 0 unspecified atom stereocenters. The van der Waals surface area contributed by atoms with Crippen LogP contribution in [0, 0.1) is 0 Å². The molecule has 8 heteroatoms. The first-order valence-electron chi connectivity index (χ1n) is 10.1. The maximum Gasteiger partial charge on any atom is 0.242 e. The number of carbonyl (C=O) groups excluding carboxylic acids is 2. The van der Waals surface area contributed by atoms with E-state index in [0.717, 1.165) is 24.0 Å². The minimum absolute atomic E-state index is 0.115. The fourth-order valence-corrected chi connectivity index (χ4v) is 4.31. The van der Waals surface area contributed by atoms with E-state index < -0.39 is 6.04 Å². The summed E-state index contributed by atoms with van der Waals surface area (Å²) in [6.45, 7) is 4.68. The van der Waals surface area contributed by atoms with Crippen LogP contribution >= 0.6 is 46.6 Å². The van der Waals surface area contributed by atoms with Gasteiger partial charge in [0.2, 0.25) is 11.8 Å². The van der Waals surface area contributed by atoms with Crippen molar-refractivity contribution in [3.05, 3.63) is 68.7 Å². The van der Waals surface area contributed by atoms with Crippen LogP contribution < -0.4 is 5.32 Å². The molecule has 0 saturated heterocycles. The lowest BCUT2D eigenvalue weighted by Gasteiger charge is -2.29. The summed E-state index contributed by atoms with van der Waals surface area (Å²) in [6.07, 6.45) is 1.88. The van der Waals surface area contributed by atoms with E-state index in [0.29, 0.717) is 27.4 Å². The van der Waals surface area contributed by atoms with E-state index in [4.69, 9.17) is 34.8 Å². The van der Waals surface area contributed by atoms with Crippen molar-refractivity contribution in [3.8, 4) is 0 Å². The summed E-state index contributed by atoms with van der Waals surface area (Å²) in [7, 11) is 0. The molecule has 0 radical (unpaired) electrons. The molecule has 0 saturated carbocycles. The van der Waals surface area contributed by atoms with Gasteiger partial charge in [-0.15, -0.1) is 11.8 Å². The number of nitrogens with one attached hydrogen (secondary N) is 1. The molecule has 0 aliphatic heterocycles. The van der Waals surface area contributed by atoms with Gasteiger partial charge in [-0.05, 0) is 48.7 Å². The third kappa shape index (κ3) is 8.57. The molecule has 0 spiro atoms. The maximum atomic E-state index is 13.1. The van der Waals surface area contributed by atoms with Crippen molar-refractivity contribution in [2.75, 3.05) is 12.3 Å². The SMILES string of the molecule is CCCCNC(=O)[C@@H](C)N(Cc1ccc(Cl)c(Cl)c1)C(=O)CSCc1cccc(Cl)c1. The van der Waals surface area contributed by atoms with E-state index >= 15 is 0 Å². The van der Waals surface area contributed by atoms with E-state index in [9.17, 15) is 9.59 Å². The number of unbranched alkanes of at least 4 members (excludes halogenated alkanes) is 1. The molecule has 1 N–H and O–H groups in total. The van der Waals surface area contributed by atoms with Crippen molar-refractivity contribution in [3.63, 3.8) is 0 Å². The Morgan fingerprint density at radius 1 is 1.06 bits per heavy atom. The molecular weight excluding hydrogens is 475 g/mol. The van der Waals surface area contributed by atoms with E-state index in [1.807, 2.05) is 30.3 Å². The number of thioether (sulfide) groups is 1. The van der Waals surface area contributed by atoms with Gasteiger partial charge in [-0.1, -0.05) is 66.3 Å². The molecule has 0 heterocycles. The van der Waals surface area contributed by atoms with Crippen LogP contribution in [0.1, 0.15) is 37.8 Å². The van der Waals surface area contributed by atoms with Gasteiger partial charge in [0.05, 0.1) is 15.8 Å². The number of hydrogen-bond acceptors (Lipinski definition) is 3. The van der Waals surface area contributed by atoms with Gasteiger partial charge in [0.15, 0.2) is 0 Å². The van der Waals surface area contributed by atoms with Crippen LogP contribution in [0.3, 0.4) is 0 Å². The topological polar surface area (TPSA) is 49.4 Å². The average molecular weight is 502 g/mol. The van der Waals surface area contributed by atoms with Gasteiger partial charge in [-0.25, -0.2) is 0 Å². The van der Waals surface area contributed by atoms with Crippen LogP contribution in [0.5, 0.6) is 0 Å². The Balaban J connectivity index is 2.07. The molecule has 2 aromatic rings. The highest BCUT2D eigenvalue weighted by molar-refractivity contribution is 7.99. The second kappa shape index (κ2) is 13.2. The second-order valence-corrected chi connectivity index (χ2v) is 9.45. The molecule has 2 amide bonds. The van der Waals surface area contributed by atoms with E-state index in [1.54, 1.807) is 24.0 Å². The largest absolute Gasteiger partial charge is 0.354 e. The number of halogens is 3. The highest BCUT2D eigenvalue weighted by atomic mass is 35.5. The zero-order valence-corrected chi connectivity index (χ0v) is 20.8. The Hall–Kier alpha value is -1.40. The molecule has 0 bridgehead atoms. The fourth-order valence-electron chi connectivity index (χ4n) is 2.92. The average Bonchev–Trinajstić information content (AvgIpc) is 2.74. The van der Waals surface area contributed by atoms with Crippen LogP contribution in [-0.2, 0) is 21.9 Å². The fraction of sp³-hybridized carbons (Fsp3) is 0.391. The zero-order chi connectivity index (χ0) is 22.8. The van der Waals surface area contributed by atoms with Crippen LogP contribution in [0.25, 0.3) is 0 Å². The Bertz CT molecular complexity index is 895. The second-order valence-electron chi connectivity index (χ2n) is 7.21. The minimum Gasteiger partial charge on any atom is -0.354 e. The van der Waals surface area contributed by atoms with Gasteiger partial charge in [0.25, 0.3) is 0 Å². The Kier molecular flexibility index (Phi) is 11.0. The van der Waals surface area contributed by atoms with Gasteiger partial charge >= 0.3 is 0 Å². The lowest BCUT2D eigenvalue weighted by Crippen LogP contribution is -2.48. The molecule has 4 nitrogen and oxygen atoms in total. The van der Waals surface area contributed by atoms with Crippen LogP contribution in [0.2, 0.25) is 15.1 Å². The van der Waals surface area contributed by atoms with Crippen molar-refractivity contribution in [1.29, 1.82) is 0 Å². The lowest BCUT2D eigenvalue weighted by molar-refractivity contribution is -0.138. The van der Waals surface area contributed by atoms with Crippen molar-refractivity contribution < 1.29 is 9.59 Å². The van der Waals surface area contributed by atoms with Crippen molar-refractivity contribution in [2.24, 2.45) is 0 Å². The third-order valence-corrected chi connectivity index (χ3v) is 6.68. The molecule has 0 aliphatic carbocycles. The smallest absolute Gasteiger partial charge is 0.242 e. The Morgan fingerprint density at radius 2 is 1.84 bits per heavy atom. The quantitative estimate of drug-likeness (QED) is 0.372. The lowest BCUT2D eigenvalue weighted by atomic mass is 10.1. The number of benzene rings is 2. The van der Waals surface area contributed by atoms with Gasteiger partial charge in [-0.2, -0.15) is 0 Å². The van der Waals surface area contributed by atoms with Gasteiger partial charge in [0.1, 0.15) is 6.04 Å². The van der Waals surface area contributed by atoms with E-state index in [1.165, 1.54) is 11.8 Å². The molecular formula is C23H27Cl3N2O2S. The van der Waals surface area contributed by atoms with Gasteiger partial charge in [0, 0.05) is 23.9 Å². The Morgan fingerprint density at radius 3 is 2.52 bits per heavy atom. The number of carbonyl (C=O) groups is 2. The highest BCUT2D eigenvalue weighted by Crippen LogP contribution is 2.24. The summed E-state index contributed by atoms with van der Waals surface area (Å²) in [5.41, 5.74) is 1.86. The van der Waals surface area contributed by atoms with E-state index in [-0.39, 0.29) is 24.1 Å². The highest BCUT2D eigenvalue weighted by Gasteiger charge is 2.26. The van der Waals surface area contributed by atoms with Crippen molar-refractivity contribution >= 4 is 58.4 Å². The van der Waals surface area contributed by atoms with Crippen LogP contribution in [-0.4, -0.2) is 35.1 Å². The van der Waals surface area contributed by atoms with Gasteiger partial charge < -0.3 is 10.2 Å². The summed E-state index contributed by atoms with van der Waals surface area (Å²) in [5.74, 6) is 0.627. The minimum atomic E-state index is -0.606. The van der Waals surface area contributed by atoms with Crippen molar-refractivity contribution in [2.45, 2.75) is 45.0 Å². The van der Waals surface area contributed by atoms with Gasteiger partial charge in [-0.3, -0.25) is 9.59 Å². The molecule has 1 atom stereocenters. The van der Waals surface area contributed by atoms with Crippen LogP contribution in [0.4, 0.5) is 0 Å². The molecule has 2 rings (SSSR count). The Labute approximate surface area is 203 Å². The maximum absolute atomic E-state index is 13.1. The third-order valence-electron chi connectivity index (χ3n) is 4.72. The summed E-state index contributed by atoms with van der Waals surface area (Å²) >= 11 is 19.7. The van der Waals surface area contributed by atoms with Crippen LogP contribution in [0.15, 0.2) is 42.5 Å². The molecule has 2 aromatic carbocycles. The summed E-state index contributed by atoms with van der Waals surface area (Å²) < 4.78 is 0. The first kappa shape index (κ1) is 25.9. The summed E-state index contributed by atoms with van der Waals surface area (Å²) in [5, 5.41) is 4.45. The molecule has 0 aromatic heterocycles. The number of amides is 2. The number of rotatable bonds is 11. The number of hydrogen-bond donors (Lipinski definition) is 1. The molecule has 168 valence electrons. The number of nitrogens with zero attached hydrogens (tertiary/aromatic N) is 1. The zero-order valence-electron chi connectivity index (χ0n) is 17.7. The first-order chi connectivity index (χ1) is 14.8. The predicted octanol–water partition coefficient (Wildman–Crippen LogP) is 6.21. The summed E-state index contributed by atoms with van der Waals surface area (Å²) in [6, 6.07) is 12.2. The normalized spacial score (nSPS) is 11.8. The molecule has 0 fully saturated rings. The molecule has 31 heavy (non-hydrogen) atoms. The van der Waals surface area contributed by atoms with Crippen molar-refractivity contribution in [1.82, 2.24) is 10.2 Å². The predicted molar refractivity (Wildman–Crippen MR) is 132 cm³/mol. The molecule has 0 aliphatic rings. The van der Waals surface area contributed by atoms with E-state index in [2.05, 4.69) is 12.2 Å². The first-order valence-corrected chi connectivity index (χ1v) is 12.4. The summed E-state index contributed by atoms with van der Waals surface area (Å²) in [4.78, 5) is 27.3. The monoisotopic (exact) mass is 500 g/mol.